The van der Waals surface area contributed by atoms with Crippen LogP contribution in [-0.2, 0) is 4.74 Å². The van der Waals surface area contributed by atoms with Gasteiger partial charge in [-0.15, -0.1) is 0 Å². The fraction of sp³-hybridized carbons (Fsp3) is 1.00. The average molecular weight is 178 g/mol. The van der Waals surface area contributed by atoms with E-state index in [1.807, 2.05) is 0 Å². The molecule has 13 heavy (non-hydrogen) atoms. The van der Waals surface area contributed by atoms with Gasteiger partial charge in [-0.25, -0.2) is 0 Å². The summed E-state index contributed by atoms with van der Waals surface area (Å²) in [5.41, 5.74) is 0.0881. The van der Waals surface area contributed by atoms with Crippen LogP contribution in [0.1, 0.15) is 52.9 Å². The minimum absolute atomic E-state index is 0.0881. The number of hydrogen-bond donors (Lipinski definition) is 0. The van der Waals surface area contributed by atoms with E-state index in [1.54, 1.807) is 0 Å². The molecule has 0 aromatic rings. The molecule has 0 spiro atoms. The molecule has 74 valence electrons. The molecule has 0 aliphatic carbocycles. The summed E-state index contributed by atoms with van der Waals surface area (Å²) in [6, 6.07) is 0. The van der Waals surface area contributed by atoms with Crippen LogP contribution < -0.4 is 0 Å². The molecule has 0 amide bonds. The van der Waals surface area contributed by atoms with Gasteiger partial charge in [0, 0.05) is 0 Å². The molecule has 2 heteroatoms. The number of hydrogen-bond acceptors (Lipinski definition) is 1. The zero-order valence-corrected chi connectivity index (χ0v) is 9.86. The first-order valence-corrected chi connectivity index (χ1v) is 5.76. The van der Waals surface area contributed by atoms with Crippen LogP contribution in [0.25, 0.3) is 0 Å². The standard InChI is InChI=1S/C11H23O.Li/c1-5-7-8-9-10-12-11(3,4)6-2;/h1,5-10H2,2-4H3;. The van der Waals surface area contributed by atoms with Crippen LogP contribution in [0.15, 0.2) is 0 Å². The van der Waals surface area contributed by atoms with E-state index in [0.717, 1.165) is 13.0 Å². The normalized spacial score (nSPS) is 12.1. The molecule has 0 rings (SSSR count). The van der Waals surface area contributed by atoms with Crippen LogP contribution in [0.3, 0.4) is 0 Å². The van der Waals surface area contributed by atoms with E-state index in [9.17, 15) is 0 Å². The number of unbranched alkanes of at least 4 members (excludes halogenated alkanes) is 3. The Bertz CT molecular complexity index is 113. The molecular weight excluding hydrogens is 155 g/mol. The van der Waals surface area contributed by atoms with E-state index in [-0.39, 0.29) is 5.60 Å². The SMILES string of the molecule is [Li][CH2]CCCCCOC(C)(C)CC. The molecule has 0 saturated heterocycles. The summed E-state index contributed by atoms with van der Waals surface area (Å²) in [6.45, 7) is 7.44. The van der Waals surface area contributed by atoms with Gasteiger partial charge in [-0.1, -0.05) is 0 Å². The molecule has 0 aliphatic rings. The molecule has 0 heterocycles. The Morgan fingerprint density at radius 3 is 2.23 bits per heavy atom. The van der Waals surface area contributed by atoms with Gasteiger partial charge in [-0.05, 0) is 0 Å². The molecule has 0 bridgehead atoms. The van der Waals surface area contributed by atoms with Gasteiger partial charge in [0.15, 0.2) is 0 Å². The van der Waals surface area contributed by atoms with Crippen molar-refractivity contribution in [2.75, 3.05) is 6.61 Å². The molecule has 0 aromatic carbocycles. The summed E-state index contributed by atoms with van der Waals surface area (Å²) in [5, 5.41) is 1.32. The Labute approximate surface area is 92.8 Å². The molecule has 0 aromatic heterocycles. The number of ether oxygens (including phenoxy) is 1. The number of rotatable bonds is 8. The Kier molecular flexibility index (Phi) is 8.25. The molecule has 0 fully saturated rings. The van der Waals surface area contributed by atoms with E-state index in [0.29, 0.717) is 0 Å². The molecular formula is C11H23LiO. The third-order valence-corrected chi connectivity index (χ3v) is 2.59. The van der Waals surface area contributed by atoms with Gasteiger partial charge in [-0.3, -0.25) is 0 Å². The van der Waals surface area contributed by atoms with E-state index in [4.69, 9.17) is 4.74 Å². The predicted molar refractivity (Wildman–Crippen MR) is 59.4 cm³/mol. The summed E-state index contributed by atoms with van der Waals surface area (Å²) in [7, 11) is 0. The molecule has 0 atom stereocenters. The molecule has 0 unspecified atom stereocenters. The third-order valence-electron chi connectivity index (χ3n) is 2.59. The molecule has 0 radical (unpaired) electrons. The van der Waals surface area contributed by atoms with Gasteiger partial charge in [0.05, 0.1) is 0 Å². The van der Waals surface area contributed by atoms with Crippen LogP contribution in [0, 0.1) is 0 Å². The van der Waals surface area contributed by atoms with E-state index in [2.05, 4.69) is 38.5 Å². The minimum atomic E-state index is 0.0881. The van der Waals surface area contributed by atoms with Crippen molar-refractivity contribution in [3.8, 4) is 0 Å². The zero-order chi connectivity index (χ0) is 10.2. The van der Waals surface area contributed by atoms with E-state index in [1.165, 1.54) is 30.8 Å². The van der Waals surface area contributed by atoms with Crippen molar-refractivity contribution in [2.24, 2.45) is 0 Å². The van der Waals surface area contributed by atoms with Crippen LogP contribution in [0.2, 0.25) is 5.09 Å². The van der Waals surface area contributed by atoms with Crippen LogP contribution in [0.4, 0.5) is 0 Å². The summed E-state index contributed by atoms with van der Waals surface area (Å²) >= 11 is 2.25. The van der Waals surface area contributed by atoms with Crippen molar-refractivity contribution in [3.05, 3.63) is 0 Å². The van der Waals surface area contributed by atoms with Gasteiger partial charge in [0.2, 0.25) is 0 Å². The Balaban J connectivity index is 3.16. The molecule has 0 saturated carbocycles. The summed E-state index contributed by atoms with van der Waals surface area (Å²) in [5.74, 6) is 0. The van der Waals surface area contributed by atoms with Crippen LogP contribution in [-0.4, -0.2) is 29.9 Å². The topological polar surface area (TPSA) is 9.23 Å². The Morgan fingerprint density at radius 2 is 1.69 bits per heavy atom. The second kappa shape index (κ2) is 7.92. The molecule has 1 nitrogen and oxygen atoms in total. The summed E-state index contributed by atoms with van der Waals surface area (Å²) in [4.78, 5) is 0. The van der Waals surface area contributed by atoms with Crippen molar-refractivity contribution < 1.29 is 4.74 Å². The quantitative estimate of drug-likeness (QED) is 0.409. The molecule has 0 aliphatic heterocycles. The monoisotopic (exact) mass is 178 g/mol. The van der Waals surface area contributed by atoms with Crippen molar-refractivity contribution in [2.45, 2.75) is 63.6 Å². The molecule has 0 N–H and O–H groups in total. The fourth-order valence-electron chi connectivity index (χ4n) is 1.16. The zero-order valence-electron chi connectivity index (χ0n) is 9.86. The second-order valence-corrected chi connectivity index (χ2v) is 4.38. The maximum atomic E-state index is 5.76. The van der Waals surface area contributed by atoms with Crippen molar-refractivity contribution in [3.63, 3.8) is 0 Å². The maximum absolute atomic E-state index is 5.76. The third kappa shape index (κ3) is 8.88. The predicted octanol–water partition coefficient (Wildman–Crippen LogP) is 3.34. The summed E-state index contributed by atoms with van der Waals surface area (Å²) in [6.07, 6.45) is 6.39. The van der Waals surface area contributed by atoms with Gasteiger partial charge in [0.25, 0.3) is 0 Å². The van der Waals surface area contributed by atoms with E-state index >= 15 is 0 Å². The summed E-state index contributed by atoms with van der Waals surface area (Å²) < 4.78 is 5.76. The first-order chi connectivity index (χ1) is 6.12. The van der Waals surface area contributed by atoms with Gasteiger partial charge < -0.3 is 0 Å². The average Bonchev–Trinajstić information content (AvgIpc) is 2.11. The Hall–Kier alpha value is 0.557. The van der Waals surface area contributed by atoms with Crippen molar-refractivity contribution in [1.29, 1.82) is 0 Å². The van der Waals surface area contributed by atoms with E-state index < -0.39 is 0 Å². The van der Waals surface area contributed by atoms with Crippen LogP contribution in [0.5, 0.6) is 0 Å². The van der Waals surface area contributed by atoms with Crippen molar-refractivity contribution in [1.82, 2.24) is 0 Å². The first kappa shape index (κ1) is 13.6. The van der Waals surface area contributed by atoms with Gasteiger partial charge >= 0.3 is 92.6 Å². The second-order valence-electron chi connectivity index (χ2n) is 4.38. The van der Waals surface area contributed by atoms with Crippen molar-refractivity contribution >= 4 is 17.7 Å². The van der Waals surface area contributed by atoms with Crippen LogP contribution >= 0.6 is 0 Å². The van der Waals surface area contributed by atoms with Gasteiger partial charge in [0.1, 0.15) is 0 Å². The Morgan fingerprint density at radius 1 is 1.08 bits per heavy atom. The van der Waals surface area contributed by atoms with Gasteiger partial charge in [-0.2, -0.15) is 0 Å². The first-order valence-electron chi connectivity index (χ1n) is 5.76. The fourth-order valence-corrected chi connectivity index (χ4v) is 1.16.